The second-order valence-electron chi connectivity index (χ2n) is 4.96. The van der Waals surface area contributed by atoms with Crippen LogP contribution in [-0.4, -0.2) is 15.5 Å². The molecular formula is C16H18ClN3O2. The van der Waals surface area contributed by atoms with E-state index in [9.17, 15) is 9.59 Å². The highest BCUT2D eigenvalue weighted by Crippen LogP contribution is 2.14. The maximum absolute atomic E-state index is 11.9. The zero-order valence-electron chi connectivity index (χ0n) is 12.4. The average molecular weight is 320 g/mol. The molecule has 5 nitrogen and oxygen atoms in total. The van der Waals surface area contributed by atoms with Crippen LogP contribution in [-0.2, 0) is 24.3 Å². The molecule has 1 heterocycles. The molecule has 1 aromatic carbocycles. The van der Waals surface area contributed by atoms with Gasteiger partial charge in [0.25, 0.3) is 5.56 Å². The minimum atomic E-state index is -0.257. The molecule has 22 heavy (non-hydrogen) atoms. The SMILES string of the molecule is CCCc1cc(=O)n(CC(=O)NCc2ccccc2Cl)cn1. The minimum absolute atomic E-state index is 0.0529. The third-order valence-corrected chi connectivity index (χ3v) is 3.56. The van der Waals surface area contributed by atoms with Crippen molar-refractivity contribution in [1.29, 1.82) is 0 Å². The fourth-order valence-corrected chi connectivity index (χ4v) is 2.22. The zero-order chi connectivity index (χ0) is 15.9. The topological polar surface area (TPSA) is 64.0 Å². The van der Waals surface area contributed by atoms with E-state index in [4.69, 9.17) is 11.6 Å². The Bertz CT molecular complexity index is 713. The Morgan fingerprint density at radius 3 is 2.82 bits per heavy atom. The van der Waals surface area contributed by atoms with Crippen molar-refractivity contribution in [3.05, 3.63) is 63.3 Å². The van der Waals surface area contributed by atoms with Gasteiger partial charge < -0.3 is 5.32 Å². The van der Waals surface area contributed by atoms with Gasteiger partial charge in [-0.15, -0.1) is 0 Å². The van der Waals surface area contributed by atoms with Crippen molar-refractivity contribution in [2.24, 2.45) is 0 Å². The fourth-order valence-electron chi connectivity index (χ4n) is 2.02. The van der Waals surface area contributed by atoms with Gasteiger partial charge in [0.05, 0.1) is 6.33 Å². The predicted molar refractivity (Wildman–Crippen MR) is 85.8 cm³/mol. The zero-order valence-corrected chi connectivity index (χ0v) is 13.1. The predicted octanol–water partition coefficient (Wildman–Crippen LogP) is 2.17. The van der Waals surface area contributed by atoms with Crippen LogP contribution in [0.4, 0.5) is 0 Å². The first-order valence-corrected chi connectivity index (χ1v) is 7.53. The highest BCUT2D eigenvalue weighted by atomic mass is 35.5. The standard InChI is InChI=1S/C16H18ClN3O2/c1-2-5-13-8-16(22)20(11-19-13)10-15(21)18-9-12-6-3-4-7-14(12)17/h3-4,6-8,11H,2,5,9-10H2,1H3,(H,18,21). The lowest BCUT2D eigenvalue weighted by Gasteiger charge is -2.08. The van der Waals surface area contributed by atoms with Gasteiger partial charge in [0.1, 0.15) is 6.54 Å². The number of aryl methyl sites for hydroxylation is 1. The Morgan fingerprint density at radius 2 is 2.14 bits per heavy atom. The number of benzene rings is 1. The van der Waals surface area contributed by atoms with Crippen molar-refractivity contribution in [1.82, 2.24) is 14.9 Å². The van der Waals surface area contributed by atoms with Crippen molar-refractivity contribution < 1.29 is 4.79 Å². The molecule has 0 aliphatic carbocycles. The van der Waals surface area contributed by atoms with Gasteiger partial charge in [-0.25, -0.2) is 4.98 Å². The molecule has 6 heteroatoms. The summed E-state index contributed by atoms with van der Waals surface area (Å²) >= 11 is 6.02. The van der Waals surface area contributed by atoms with E-state index in [1.54, 1.807) is 6.07 Å². The molecule has 0 aliphatic rings. The van der Waals surface area contributed by atoms with Crippen molar-refractivity contribution in [3.8, 4) is 0 Å². The first kappa shape index (κ1) is 16.2. The highest BCUT2D eigenvalue weighted by molar-refractivity contribution is 6.31. The number of hydrogen-bond donors (Lipinski definition) is 1. The Hall–Kier alpha value is -2.14. The Balaban J connectivity index is 1.95. The van der Waals surface area contributed by atoms with E-state index in [1.165, 1.54) is 17.0 Å². The molecule has 116 valence electrons. The van der Waals surface area contributed by atoms with Gasteiger partial charge in [-0.05, 0) is 18.1 Å². The molecule has 1 N–H and O–H groups in total. The number of nitrogens with zero attached hydrogens (tertiary/aromatic N) is 2. The van der Waals surface area contributed by atoms with Gasteiger partial charge in [0.2, 0.25) is 5.91 Å². The average Bonchev–Trinajstić information content (AvgIpc) is 2.49. The largest absolute Gasteiger partial charge is 0.350 e. The molecule has 0 saturated heterocycles. The van der Waals surface area contributed by atoms with E-state index in [-0.39, 0.29) is 18.0 Å². The van der Waals surface area contributed by atoms with E-state index in [0.29, 0.717) is 11.6 Å². The van der Waals surface area contributed by atoms with Gasteiger partial charge >= 0.3 is 0 Å². The molecule has 2 aromatic rings. The summed E-state index contributed by atoms with van der Waals surface area (Å²) < 4.78 is 1.29. The normalized spacial score (nSPS) is 10.5. The molecule has 0 fully saturated rings. The van der Waals surface area contributed by atoms with Crippen LogP contribution in [0.5, 0.6) is 0 Å². The van der Waals surface area contributed by atoms with Gasteiger partial charge in [-0.3, -0.25) is 14.2 Å². The minimum Gasteiger partial charge on any atom is -0.350 e. The highest BCUT2D eigenvalue weighted by Gasteiger charge is 2.07. The van der Waals surface area contributed by atoms with E-state index < -0.39 is 0 Å². The van der Waals surface area contributed by atoms with Crippen molar-refractivity contribution >= 4 is 17.5 Å². The smallest absolute Gasteiger partial charge is 0.253 e. The first-order valence-electron chi connectivity index (χ1n) is 7.15. The monoisotopic (exact) mass is 319 g/mol. The lowest BCUT2D eigenvalue weighted by atomic mass is 10.2. The van der Waals surface area contributed by atoms with E-state index in [0.717, 1.165) is 24.1 Å². The summed E-state index contributed by atoms with van der Waals surface area (Å²) in [5, 5.41) is 3.35. The van der Waals surface area contributed by atoms with Crippen LogP contribution in [0.2, 0.25) is 5.02 Å². The lowest BCUT2D eigenvalue weighted by molar-refractivity contribution is -0.121. The number of rotatable bonds is 6. The van der Waals surface area contributed by atoms with Crippen molar-refractivity contribution in [2.75, 3.05) is 0 Å². The van der Waals surface area contributed by atoms with Gasteiger partial charge in [0.15, 0.2) is 0 Å². The van der Waals surface area contributed by atoms with Gasteiger partial charge in [-0.1, -0.05) is 43.1 Å². The molecule has 0 unspecified atom stereocenters. The summed E-state index contributed by atoms with van der Waals surface area (Å²) in [6.07, 6.45) is 3.10. The maximum atomic E-state index is 11.9. The molecule has 1 aromatic heterocycles. The molecule has 0 saturated carbocycles. The molecule has 0 aliphatic heterocycles. The Kier molecular flexibility index (Phi) is 5.72. The fraction of sp³-hybridized carbons (Fsp3) is 0.312. The summed E-state index contributed by atoms with van der Waals surface area (Å²) in [4.78, 5) is 28.0. The summed E-state index contributed by atoms with van der Waals surface area (Å²) in [6.45, 7) is 2.30. The van der Waals surface area contributed by atoms with Crippen LogP contribution in [0.3, 0.4) is 0 Å². The molecule has 2 rings (SSSR count). The number of carbonyl (C=O) groups excluding carboxylic acids is 1. The molecule has 0 spiro atoms. The summed E-state index contributed by atoms with van der Waals surface area (Å²) in [6, 6.07) is 8.77. The van der Waals surface area contributed by atoms with Crippen LogP contribution in [0.1, 0.15) is 24.6 Å². The third-order valence-electron chi connectivity index (χ3n) is 3.19. The number of nitrogens with one attached hydrogen (secondary N) is 1. The number of carbonyl (C=O) groups is 1. The Labute approximate surface area is 134 Å². The van der Waals surface area contributed by atoms with Crippen LogP contribution in [0, 0.1) is 0 Å². The number of aromatic nitrogens is 2. The second kappa shape index (κ2) is 7.75. The van der Waals surface area contributed by atoms with E-state index >= 15 is 0 Å². The maximum Gasteiger partial charge on any atom is 0.253 e. The lowest BCUT2D eigenvalue weighted by Crippen LogP contribution is -2.32. The van der Waals surface area contributed by atoms with Crippen molar-refractivity contribution in [2.45, 2.75) is 32.9 Å². The van der Waals surface area contributed by atoms with E-state index in [1.807, 2.05) is 25.1 Å². The first-order chi connectivity index (χ1) is 10.6. The van der Waals surface area contributed by atoms with Crippen molar-refractivity contribution in [3.63, 3.8) is 0 Å². The summed E-state index contributed by atoms with van der Waals surface area (Å²) in [5.74, 6) is -0.257. The number of amides is 1. The molecule has 0 atom stereocenters. The Morgan fingerprint density at radius 1 is 1.36 bits per heavy atom. The number of halogens is 1. The molecule has 0 radical (unpaired) electrons. The van der Waals surface area contributed by atoms with Gasteiger partial charge in [0, 0.05) is 23.3 Å². The number of hydrogen-bond acceptors (Lipinski definition) is 3. The van der Waals surface area contributed by atoms with Crippen LogP contribution in [0.25, 0.3) is 0 Å². The quantitative estimate of drug-likeness (QED) is 0.887. The van der Waals surface area contributed by atoms with Gasteiger partial charge in [-0.2, -0.15) is 0 Å². The third kappa shape index (κ3) is 4.43. The van der Waals surface area contributed by atoms with Crippen LogP contribution >= 0.6 is 11.6 Å². The van der Waals surface area contributed by atoms with Crippen LogP contribution in [0.15, 0.2) is 41.5 Å². The molecule has 1 amide bonds. The summed E-state index contributed by atoms with van der Waals surface area (Å²) in [7, 11) is 0. The summed E-state index contributed by atoms with van der Waals surface area (Å²) in [5.41, 5.74) is 1.37. The van der Waals surface area contributed by atoms with Crippen LogP contribution < -0.4 is 10.9 Å². The molecular weight excluding hydrogens is 302 g/mol. The second-order valence-corrected chi connectivity index (χ2v) is 5.37. The molecule has 0 bridgehead atoms. The van der Waals surface area contributed by atoms with E-state index in [2.05, 4.69) is 10.3 Å².